The second kappa shape index (κ2) is 8.51. The molecule has 0 unspecified atom stereocenters. The second-order valence-corrected chi connectivity index (χ2v) is 9.76. The van der Waals surface area contributed by atoms with Gasteiger partial charge in [0.1, 0.15) is 11.6 Å². The zero-order valence-electron chi connectivity index (χ0n) is 17.8. The fourth-order valence-electron chi connectivity index (χ4n) is 3.75. The Hall–Kier alpha value is -2.98. The van der Waals surface area contributed by atoms with Gasteiger partial charge in [0.25, 0.3) is 11.8 Å². The predicted octanol–water partition coefficient (Wildman–Crippen LogP) is 2.39. The maximum atomic E-state index is 13.8. The van der Waals surface area contributed by atoms with Gasteiger partial charge in [-0.05, 0) is 49.2 Å². The molecule has 32 heavy (non-hydrogen) atoms. The minimum Gasteiger partial charge on any atom is -0.478 e. The molecule has 170 valence electrons. The smallest absolute Gasteiger partial charge is 0.265 e. The molecule has 0 spiro atoms. The molecule has 2 amide bonds. The van der Waals surface area contributed by atoms with Gasteiger partial charge < -0.3 is 15.0 Å². The van der Waals surface area contributed by atoms with Crippen molar-refractivity contribution in [3.63, 3.8) is 0 Å². The van der Waals surface area contributed by atoms with Gasteiger partial charge in [0.05, 0.1) is 10.6 Å². The third-order valence-electron chi connectivity index (χ3n) is 5.72. The molecule has 2 aromatic rings. The number of benzene rings is 2. The van der Waals surface area contributed by atoms with Crippen LogP contribution in [0.1, 0.15) is 29.3 Å². The number of amides is 2. The van der Waals surface area contributed by atoms with Gasteiger partial charge in [0.2, 0.25) is 10.0 Å². The summed E-state index contributed by atoms with van der Waals surface area (Å²) in [4.78, 5) is 26.3. The molecule has 2 aromatic carbocycles. The summed E-state index contributed by atoms with van der Waals surface area (Å²) in [5.41, 5.74) is 1.01. The Morgan fingerprint density at radius 3 is 2.53 bits per heavy atom. The lowest BCUT2D eigenvalue weighted by molar-refractivity contribution is -0.123. The monoisotopic (exact) mass is 461 g/mol. The normalized spacial score (nSPS) is 19.2. The van der Waals surface area contributed by atoms with Crippen LogP contribution in [-0.4, -0.2) is 61.7 Å². The fourth-order valence-corrected chi connectivity index (χ4v) is 5.20. The van der Waals surface area contributed by atoms with Gasteiger partial charge in [-0.1, -0.05) is 13.0 Å². The number of carbonyl (C=O) groups is 2. The van der Waals surface area contributed by atoms with E-state index in [4.69, 9.17) is 4.74 Å². The number of rotatable bonds is 4. The van der Waals surface area contributed by atoms with E-state index >= 15 is 0 Å². The average Bonchev–Trinajstić information content (AvgIpc) is 2.79. The first-order chi connectivity index (χ1) is 15.2. The van der Waals surface area contributed by atoms with E-state index in [2.05, 4.69) is 5.32 Å². The number of sulfonamides is 1. The molecule has 0 saturated carbocycles. The molecule has 0 aromatic heterocycles. The molecule has 1 N–H and O–H groups in total. The summed E-state index contributed by atoms with van der Waals surface area (Å²) in [6, 6.07) is 8.69. The molecule has 1 saturated heterocycles. The number of nitrogens with one attached hydrogen (secondary N) is 1. The summed E-state index contributed by atoms with van der Waals surface area (Å²) in [6.45, 7) is 4.05. The first kappa shape index (κ1) is 22.2. The Morgan fingerprint density at radius 2 is 1.88 bits per heavy atom. The van der Waals surface area contributed by atoms with E-state index in [1.807, 2.05) is 6.92 Å². The van der Waals surface area contributed by atoms with Crippen LogP contribution in [0.2, 0.25) is 0 Å². The van der Waals surface area contributed by atoms with Gasteiger partial charge >= 0.3 is 0 Å². The van der Waals surface area contributed by atoms with Gasteiger partial charge in [-0.25, -0.2) is 12.8 Å². The average molecular weight is 462 g/mol. The number of nitrogens with zero attached hydrogens (tertiary/aromatic N) is 2. The largest absolute Gasteiger partial charge is 0.478 e. The first-order valence-corrected chi connectivity index (χ1v) is 11.8. The Labute approximate surface area is 186 Å². The van der Waals surface area contributed by atoms with E-state index in [0.717, 1.165) is 0 Å². The Morgan fingerprint density at radius 1 is 1.16 bits per heavy atom. The van der Waals surface area contributed by atoms with Crippen LogP contribution in [0.3, 0.4) is 0 Å². The number of halogens is 1. The van der Waals surface area contributed by atoms with Crippen molar-refractivity contribution < 1.29 is 27.1 Å². The van der Waals surface area contributed by atoms with Crippen LogP contribution >= 0.6 is 0 Å². The van der Waals surface area contributed by atoms with Crippen molar-refractivity contribution in [3.05, 3.63) is 53.3 Å². The summed E-state index contributed by atoms with van der Waals surface area (Å²) in [5.74, 6) is -0.670. The lowest BCUT2D eigenvalue weighted by Crippen LogP contribution is -2.50. The molecule has 1 fully saturated rings. The highest BCUT2D eigenvalue weighted by atomic mass is 32.2. The third-order valence-corrected chi connectivity index (χ3v) is 7.62. The molecule has 2 heterocycles. The van der Waals surface area contributed by atoms with Crippen molar-refractivity contribution in [2.45, 2.75) is 31.3 Å². The molecule has 2 aliphatic heterocycles. The molecule has 10 heteroatoms. The number of aryl methyl sites for hydroxylation is 1. The van der Waals surface area contributed by atoms with Gasteiger partial charge in [0, 0.05) is 31.7 Å². The quantitative estimate of drug-likeness (QED) is 0.754. The van der Waals surface area contributed by atoms with Crippen LogP contribution in [0, 0.1) is 12.7 Å². The van der Waals surface area contributed by atoms with E-state index < -0.39 is 21.9 Å². The topological polar surface area (TPSA) is 96.0 Å². The number of ether oxygens (including phenoxy) is 1. The van der Waals surface area contributed by atoms with Gasteiger partial charge in [-0.3, -0.25) is 9.59 Å². The van der Waals surface area contributed by atoms with Crippen molar-refractivity contribution in [1.29, 1.82) is 0 Å². The molecule has 8 nitrogen and oxygen atoms in total. The lowest BCUT2D eigenvalue weighted by atomic mass is 10.1. The Balaban J connectivity index is 1.46. The van der Waals surface area contributed by atoms with Crippen molar-refractivity contribution in [3.8, 4) is 5.75 Å². The van der Waals surface area contributed by atoms with Gasteiger partial charge in [-0.15, -0.1) is 0 Å². The number of hydrogen-bond donors (Lipinski definition) is 1. The van der Waals surface area contributed by atoms with E-state index in [1.165, 1.54) is 33.5 Å². The van der Waals surface area contributed by atoms with Crippen LogP contribution in [0.15, 0.2) is 41.3 Å². The Kier molecular flexibility index (Phi) is 5.91. The fraction of sp³-hybridized carbons (Fsp3) is 0.364. The highest BCUT2D eigenvalue weighted by Gasteiger charge is 2.32. The van der Waals surface area contributed by atoms with Gasteiger partial charge in [-0.2, -0.15) is 4.31 Å². The van der Waals surface area contributed by atoms with Crippen LogP contribution in [-0.2, 0) is 14.8 Å². The van der Waals surface area contributed by atoms with E-state index in [0.29, 0.717) is 23.4 Å². The zero-order chi connectivity index (χ0) is 23.0. The summed E-state index contributed by atoms with van der Waals surface area (Å²) < 4.78 is 47.0. The van der Waals surface area contributed by atoms with Crippen molar-refractivity contribution >= 4 is 27.5 Å². The summed E-state index contributed by atoms with van der Waals surface area (Å²) in [5, 5.41) is 2.69. The highest BCUT2D eigenvalue weighted by Crippen LogP contribution is 2.33. The maximum absolute atomic E-state index is 13.8. The second-order valence-electron chi connectivity index (χ2n) is 7.82. The SMILES string of the molecule is CC[C@@H]1Oc2ccc(S(=O)(=O)N3CCN(C(=O)c4ccc(C)c(F)c4)CC3)cc2NC1=O. The first-order valence-electron chi connectivity index (χ1n) is 10.4. The van der Waals surface area contributed by atoms with Crippen molar-refractivity contribution in [1.82, 2.24) is 9.21 Å². The molecule has 0 radical (unpaired) electrons. The molecular formula is C22H24FN3O5S. The molecule has 0 aliphatic carbocycles. The van der Waals surface area contributed by atoms with Crippen molar-refractivity contribution in [2.24, 2.45) is 0 Å². The summed E-state index contributed by atoms with van der Waals surface area (Å²) in [7, 11) is -3.83. The van der Waals surface area contributed by atoms with E-state index in [9.17, 15) is 22.4 Å². The number of fused-ring (bicyclic) bond motifs is 1. The van der Waals surface area contributed by atoms with E-state index in [1.54, 1.807) is 19.1 Å². The molecule has 1 atom stereocenters. The number of piperazine rings is 1. The zero-order valence-corrected chi connectivity index (χ0v) is 18.6. The number of carbonyl (C=O) groups excluding carboxylic acids is 2. The maximum Gasteiger partial charge on any atom is 0.265 e. The van der Waals surface area contributed by atoms with Crippen LogP contribution < -0.4 is 10.1 Å². The lowest BCUT2D eigenvalue weighted by Gasteiger charge is -2.34. The van der Waals surface area contributed by atoms with Crippen LogP contribution in [0.5, 0.6) is 5.75 Å². The van der Waals surface area contributed by atoms with Gasteiger partial charge in [0.15, 0.2) is 6.10 Å². The highest BCUT2D eigenvalue weighted by molar-refractivity contribution is 7.89. The Bertz CT molecular complexity index is 1180. The minimum absolute atomic E-state index is 0.0375. The van der Waals surface area contributed by atoms with Crippen LogP contribution in [0.4, 0.5) is 10.1 Å². The molecule has 2 aliphatic rings. The van der Waals surface area contributed by atoms with E-state index in [-0.39, 0.29) is 48.5 Å². The van der Waals surface area contributed by atoms with Crippen molar-refractivity contribution in [2.75, 3.05) is 31.5 Å². The molecular weight excluding hydrogens is 437 g/mol. The minimum atomic E-state index is -3.83. The number of hydrogen-bond acceptors (Lipinski definition) is 5. The molecule has 4 rings (SSSR count). The standard InChI is InChI=1S/C22H24FN3O5S/c1-3-19-21(27)24-18-13-16(6-7-20(18)31-19)32(29,30)26-10-8-25(9-11-26)22(28)15-5-4-14(2)17(23)12-15/h4-7,12-13,19H,3,8-11H2,1-2H3,(H,24,27)/t19-/m0/s1. The summed E-state index contributed by atoms with van der Waals surface area (Å²) >= 11 is 0. The molecule has 0 bridgehead atoms. The number of anilines is 1. The predicted molar refractivity (Wildman–Crippen MR) is 116 cm³/mol. The summed E-state index contributed by atoms with van der Waals surface area (Å²) in [6.07, 6.45) is -0.0959. The van der Waals surface area contributed by atoms with Crippen LogP contribution in [0.25, 0.3) is 0 Å². The third kappa shape index (κ3) is 4.07.